The zero-order valence-electron chi connectivity index (χ0n) is 14.9. The van der Waals surface area contributed by atoms with Crippen LogP contribution in [0.25, 0.3) is 10.8 Å². The maximum Gasteiger partial charge on any atom is 0.410 e. The molecule has 134 valence electrons. The Kier molecular flexibility index (Phi) is 5.64. The monoisotopic (exact) mass is 421 g/mol. The molecule has 1 fully saturated rings. The molecule has 1 aliphatic heterocycles. The van der Waals surface area contributed by atoms with Gasteiger partial charge in [-0.25, -0.2) is 4.79 Å². The molecule has 0 N–H and O–H groups in total. The predicted molar refractivity (Wildman–Crippen MR) is 108 cm³/mol. The molecule has 0 unspecified atom stereocenters. The number of benzene rings is 2. The van der Waals surface area contributed by atoms with E-state index in [4.69, 9.17) is 4.74 Å². The number of rotatable bonds is 2. The summed E-state index contributed by atoms with van der Waals surface area (Å²) in [5, 5.41) is 3.07. The first-order valence-electron chi connectivity index (χ1n) is 8.65. The number of amides is 1. The fraction of sp³-hybridized carbons (Fsp3) is 0.450. The third-order valence-corrected chi connectivity index (χ3v) is 6.32. The quantitative estimate of drug-likeness (QED) is 0.586. The van der Waals surface area contributed by atoms with Crippen molar-refractivity contribution in [3.63, 3.8) is 0 Å². The summed E-state index contributed by atoms with van der Waals surface area (Å²) in [6, 6.07) is 12.8. The number of nitrogens with zero attached hydrogens (tertiary/aromatic N) is 1. The minimum absolute atomic E-state index is 0.190. The highest BCUT2D eigenvalue weighted by Crippen LogP contribution is 2.37. The number of carbonyl (C=O) groups excluding carboxylic acids is 1. The first-order chi connectivity index (χ1) is 11.8. The van der Waals surface area contributed by atoms with E-state index in [1.807, 2.05) is 37.4 Å². The minimum atomic E-state index is -0.432. The van der Waals surface area contributed by atoms with Gasteiger partial charge < -0.3 is 9.64 Å². The molecule has 1 aliphatic rings. The summed E-state index contributed by atoms with van der Waals surface area (Å²) in [5.74, 6) is 0. The van der Waals surface area contributed by atoms with Crippen LogP contribution in [-0.4, -0.2) is 34.9 Å². The van der Waals surface area contributed by atoms with Crippen molar-refractivity contribution < 1.29 is 9.53 Å². The summed E-state index contributed by atoms with van der Waals surface area (Å²) in [5.41, 5.74) is -0.432. The lowest BCUT2D eigenvalue weighted by atomic mass is 10.1. The van der Waals surface area contributed by atoms with E-state index in [1.54, 1.807) is 0 Å². The van der Waals surface area contributed by atoms with Gasteiger partial charge in [-0.2, -0.15) is 0 Å². The first kappa shape index (κ1) is 18.6. The molecule has 0 bridgehead atoms. The van der Waals surface area contributed by atoms with Crippen molar-refractivity contribution in [1.82, 2.24) is 4.90 Å². The van der Waals surface area contributed by atoms with E-state index in [9.17, 15) is 4.79 Å². The number of fused-ring (bicyclic) bond motifs is 1. The minimum Gasteiger partial charge on any atom is -0.444 e. The molecule has 2 aromatic carbocycles. The van der Waals surface area contributed by atoms with Crippen LogP contribution in [0.2, 0.25) is 0 Å². The van der Waals surface area contributed by atoms with E-state index >= 15 is 0 Å². The number of hydrogen-bond acceptors (Lipinski definition) is 3. The lowest BCUT2D eigenvalue weighted by molar-refractivity contribution is 0.0219. The number of ether oxygens (including phenoxy) is 1. The van der Waals surface area contributed by atoms with Crippen LogP contribution in [0.15, 0.2) is 45.8 Å². The zero-order valence-corrected chi connectivity index (χ0v) is 17.3. The number of piperidine rings is 1. The van der Waals surface area contributed by atoms with Gasteiger partial charge in [0.15, 0.2) is 0 Å². The van der Waals surface area contributed by atoms with E-state index in [1.165, 1.54) is 15.7 Å². The molecule has 0 saturated carbocycles. The second-order valence-corrected chi connectivity index (χ2v) is 9.57. The summed E-state index contributed by atoms with van der Waals surface area (Å²) < 4.78 is 6.61. The zero-order chi connectivity index (χ0) is 18.0. The van der Waals surface area contributed by atoms with E-state index in [0.717, 1.165) is 30.4 Å². The highest BCUT2D eigenvalue weighted by atomic mass is 79.9. The molecular weight excluding hydrogens is 398 g/mol. The third kappa shape index (κ3) is 4.70. The largest absolute Gasteiger partial charge is 0.444 e. The van der Waals surface area contributed by atoms with Crippen LogP contribution in [0.1, 0.15) is 33.6 Å². The molecule has 0 spiro atoms. The molecule has 0 radical (unpaired) electrons. The molecule has 1 amide bonds. The number of thioether (sulfide) groups is 1. The van der Waals surface area contributed by atoms with Crippen LogP contribution in [-0.2, 0) is 4.74 Å². The highest BCUT2D eigenvalue weighted by Gasteiger charge is 2.27. The fourth-order valence-electron chi connectivity index (χ4n) is 3.00. The maximum atomic E-state index is 12.2. The first-order valence-corrected chi connectivity index (χ1v) is 10.3. The Balaban J connectivity index is 1.63. The van der Waals surface area contributed by atoms with Gasteiger partial charge in [0.1, 0.15) is 5.60 Å². The topological polar surface area (TPSA) is 29.5 Å². The number of halogens is 1. The molecular formula is C20H24BrNO2S. The van der Waals surface area contributed by atoms with Crippen molar-refractivity contribution in [3.05, 3.63) is 40.9 Å². The lowest BCUT2D eigenvalue weighted by Crippen LogP contribution is -2.42. The third-order valence-electron chi connectivity index (χ3n) is 4.22. The molecule has 25 heavy (non-hydrogen) atoms. The second-order valence-electron chi connectivity index (χ2n) is 7.38. The molecule has 0 aromatic heterocycles. The predicted octanol–water partition coefficient (Wildman–Crippen LogP) is 6.09. The van der Waals surface area contributed by atoms with Crippen molar-refractivity contribution >= 4 is 44.6 Å². The summed E-state index contributed by atoms with van der Waals surface area (Å²) in [6.45, 7) is 7.26. The Labute approximate surface area is 162 Å². The van der Waals surface area contributed by atoms with E-state index in [0.29, 0.717) is 5.25 Å². The van der Waals surface area contributed by atoms with Gasteiger partial charge in [0, 0.05) is 27.7 Å². The van der Waals surface area contributed by atoms with E-state index in [-0.39, 0.29) is 6.09 Å². The van der Waals surface area contributed by atoms with Gasteiger partial charge >= 0.3 is 6.09 Å². The van der Waals surface area contributed by atoms with Gasteiger partial charge in [0.05, 0.1) is 0 Å². The Bertz CT molecular complexity index is 764. The average molecular weight is 422 g/mol. The summed E-state index contributed by atoms with van der Waals surface area (Å²) in [4.78, 5) is 15.3. The Morgan fingerprint density at radius 3 is 2.40 bits per heavy atom. The van der Waals surface area contributed by atoms with Gasteiger partial charge in [-0.15, -0.1) is 11.8 Å². The van der Waals surface area contributed by atoms with Crippen LogP contribution in [0.4, 0.5) is 4.79 Å². The summed E-state index contributed by atoms with van der Waals surface area (Å²) in [6.07, 6.45) is 1.80. The van der Waals surface area contributed by atoms with Crippen molar-refractivity contribution in [2.75, 3.05) is 13.1 Å². The second kappa shape index (κ2) is 7.58. The van der Waals surface area contributed by atoms with Crippen LogP contribution >= 0.6 is 27.7 Å². The van der Waals surface area contributed by atoms with Crippen molar-refractivity contribution in [3.8, 4) is 0 Å². The smallest absolute Gasteiger partial charge is 0.410 e. The molecule has 5 heteroatoms. The molecule has 0 aliphatic carbocycles. The maximum absolute atomic E-state index is 12.2. The fourth-order valence-corrected chi connectivity index (χ4v) is 4.73. The van der Waals surface area contributed by atoms with Crippen molar-refractivity contribution in [1.29, 1.82) is 0 Å². The lowest BCUT2D eigenvalue weighted by Gasteiger charge is -2.33. The normalized spacial score (nSPS) is 16.2. The van der Waals surface area contributed by atoms with Gasteiger partial charge in [-0.05, 0) is 56.5 Å². The summed E-state index contributed by atoms with van der Waals surface area (Å²) in [7, 11) is 0. The van der Waals surface area contributed by atoms with Crippen LogP contribution in [0, 0.1) is 0 Å². The van der Waals surface area contributed by atoms with Crippen molar-refractivity contribution in [2.24, 2.45) is 0 Å². The van der Waals surface area contributed by atoms with E-state index in [2.05, 4.69) is 52.3 Å². The standard InChI is InChI=1S/C20H24BrNO2S/c1-20(2,3)24-19(23)22-12-10-14(11-13-22)25-18-9-8-17(21)15-6-4-5-7-16(15)18/h4-9,14H,10-13H2,1-3H3. The SMILES string of the molecule is CC(C)(C)OC(=O)N1CCC(Sc2ccc(Br)c3ccccc23)CC1. The van der Waals surface area contributed by atoms with Crippen LogP contribution in [0.3, 0.4) is 0 Å². The molecule has 3 rings (SSSR count). The van der Waals surface area contributed by atoms with Gasteiger partial charge in [-0.1, -0.05) is 40.2 Å². The Hall–Kier alpha value is -1.20. The molecule has 0 atom stereocenters. The summed E-state index contributed by atoms with van der Waals surface area (Å²) >= 11 is 5.57. The average Bonchev–Trinajstić information content (AvgIpc) is 2.57. The van der Waals surface area contributed by atoms with Crippen LogP contribution < -0.4 is 0 Å². The molecule has 3 nitrogen and oxygen atoms in total. The Morgan fingerprint density at radius 1 is 1.12 bits per heavy atom. The number of hydrogen-bond donors (Lipinski definition) is 0. The van der Waals surface area contributed by atoms with Gasteiger partial charge in [0.2, 0.25) is 0 Å². The van der Waals surface area contributed by atoms with E-state index < -0.39 is 5.60 Å². The number of carbonyl (C=O) groups is 1. The molecule has 1 heterocycles. The number of likely N-dealkylation sites (tertiary alicyclic amines) is 1. The van der Waals surface area contributed by atoms with Gasteiger partial charge in [0.25, 0.3) is 0 Å². The van der Waals surface area contributed by atoms with Gasteiger partial charge in [-0.3, -0.25) is 0 Å². The highest BCUT2D eigenvalue weighted by molar-refractivity contribution is 9.10. The Morgan fingerprint density at radius 2 is 1.76 bits per heavy atom. The molecule has 1 saturated heterocycles. The van der Waals surface area contributed by atoms with Crippen LogP contribution in [0.5, 0.6) is 0 Å². The molecule has 2 aromatic rings. The van der Waals surface area contributed by atoms with Crippen molar-refractivity contribution in [2.45, 2.75) is 49.4 Å².